The molecule has 3 rings (SSSR count). The number of ether oxygens (including phenoxy) is 3. The second-order valence-corrected chi connectivity index (χ2v) is 12.5. The van der Waals surface area contributed by atoms with E-state index in [1.54, 1.807) is 30.0 Å². The molecule has 1 amide bonds. The number of hydrogen-bond acceptors (Lipinski definition) is 14. The fourth-order valence-corrected chi connectivity index (χ4v) is 6.60. The minimum Gasteiger partial charge on any atom is -0.480 e. The van der Waals surface area contributed by atoms with Gasteiger partial charge in [-0.3, -0.25) is 52.8 Å². The number of rotatable bonds is 25. The van der Waals surface area contributed by atoms with Gasteiger partial charge in [0.15, 0.2) is 0 Å². The Labute approximate surface area is 306 Å². The lowest BCUT2D eigenvalue weighted by Crippen LogP contribution is -2.57. The number of aliphatic carboxylic acids is 2. The predicted molar refractivity (Wildman–Crippen MR) is 189 cm³/mol. The smallest absolute Gasteiger partial charge is 0.317 e. The molecule has 0 spiro atoms. The molecule has 53 heavy (non-hydrogen) atoms. The second-order valence-electron chi connectivity index (χ2n) is 12.5. The number of carboxylic acids is 2. The van der Waals surface area contributed by atoms with Crippen LogP contribution >= 0.6 is 0 Å². The van der Waals surface area contributed by atoms with Gasteiger partial charge in [-0.1, -0.05) is 24.8 Å². The van der Waals surface area contributed by atoms with Crippen molar-refractivity contribution in [2.75, 3.05) is 71.3 Å². The zero-order valence-corrected chi connectivity index (χ0v) is 29.6. The summed E-state index contributed by atoms with van der Waals surface area (Å²) in [5.74, 6) is -0.358. The lowest BCUT2D eigenvalue weighted by molar-refractivity contribution is -0.144. The van der Waals surface area contributed by atoms with E-state index in [-0.39, 0.29) is 90.0 Å². The molecule has 18 heteroatoms. The number of pyridine rings is 1. The highest BCUT2D eigenvalue weighted by atomic mass is 16.6. The first kappa shape index (κ1) is 42.1. The van der Waals surface area contributed by atoms with E-state index in [4.69, 9.17) is 20.6 Å². The van der Waals surface area contributed by atoms with Crippen LogP contribution in [0.4, 0.5) is 5.69 Å². The summed E-state index contributed by atoms with van der Waals surface area (Å²) in [5.41, 5.74) is 1.42. The molecule has 2 atom stereocenters. The van der Waals surface area contributed by atoms with Crippen LogP contribution in [0.3, 0.4) is 0 Å². The van der Waals surface area contributed by atoms with Gasteiger partial charge in [0.25, 0.3) is 25.0 Å². The van der Waals surface area contributed by atoms with E-state index < -0.39 is 30.9 Å². The normalized spacial score (nSPS) is 15.6. The van der Waals surface area contributed by atoms with E-state index in [0.29, 0.717) is 30.5 Å². The Hall–Kier alpha value is -5.35. The van der Waals surface area contributed by atoms with Crippen LogP contribution in [0.5, 0.6) is 0 Å². The molecule has 0 radical (unpaired) electrons. The Balaban J connectivity index is 1.94. The number of carbonyl (C=O) groups excluding carboxylic acids is 4. The van der Waals surface area contributed by atoms with Crippen LogP contribution < -0.4 is 10.9 Å². The molecule has 3 N–H and O–H groups in total. The number of terminal acetylenes is 1. The van der Waals surface area contributed by atoms with Gasteiger partial charge in [0.05, 0.1) is 31.7 Å². The fourth-order valence-electron chi connectivity index (χ4n) is 6.60. The number of aryl methyl sites for hydroxylation is 1. The van der Waals surface area contributed by atoms with Crippen molar-refractivity contribution in [3.8, 4) is 12.3 Å². The summed E-state index contributed by atoms with van der Waals surface area (Å²) < 4.78 is 16.3. The summed E-state index contributed by atoms with van der Waals surface area (Å²) in [6, 6.07) is 6.01. The van der Waals surface area contributed by atoms with E-state index in [1.165, 1.54) is 15.5 Å². The van der Waals surface area contributed by atoms with Crippen molar-refractivity contribution in [3.63, 3.8) is 0 Å². The van der Waals surface area contributed by atoms with Crippen molar-refractivity contribution in [2.45, 2.75) is 51.2 Å². The van der Waals surface area contributed by atoms with Crippen molar-refractivity contribution in [2.24, 2.45) is 0 Å². The topological polar surface area (TPSA) is 218 Å². The molecule has 0 aliphatic heterocycles. The monoisotopic (exact) mass is 742 g/mol. The summed E-state index contributed by atoms with van der Waals surface area (Å²) in [6.07, 6.45) is 8.35. The highest BCUT2D eigenvalue weighted by Crippen LogP contribution is 2.28. The lowest BCUT2D eigenvalue weighted by atomic mass is 9.88. The maximum Gasteiger partial charge on any atom is 0.317 e. The minimum atomic E-state index is -1.21. The van der Waals surface area contributed by atoms with Gasteiger partial charge in [0.2, 0.25) is 5.91 Å². The molecule has 0 bridgehead atoms. The van der Waals surface area contributed by atoms with Gasteiger partial charge in [0.1, 0.15) is 20.2 Å². The largest absolute Gasteiger partial charge is 0.480 e. The quantitative estimate of drug-likeness (QED) is 0.0526. The van der Waals surface area contributed by atoms with Gasteiger partial charge < -0.3 is 29.7 Å². The number of anilines is 1. The summed E-state index contributed by atoms with van der Waals surface area (Å²) in [6.45, 7) is 1.57. The zero-order valence-electron chi connectivity index (χ0n) is 29.6. The molecule has 1 aliphatic rings. The molecule has 1 unspecified atom stereocenters. The highest BCUT2D eigenvalue weighted by Gasteiger charge is 2.36. The summed E-state index contributed by atoms with van der Waals surface area (Å²) in [7, 11) is 0. The van der Waals surface area contributed by atoms with Crippen LogP contribution in [0.1, 0.15) is 31.2 Å². The van der Waals surface area contributed by atoms with E-state index >= 15 is 0 Å². The number of amides is 1. The molecule has 1 heterocycles. The number of fused-ring (bicyclic) bond motifs is 1. The molecule has 0 saturated heterocycles. The molecule has 1 saturated carbocycles. The molecule has 288 valence electrons. The molecule has 1 aromatic carbocycles. The van der Waals surface area contributed by atoms with Crippen molar-refractivity contribution in [1.82, 2.24) is 24.2 Å². The number of carboxylic acid groups (broad SMARTS) is 2. The average molecular weight is 743 g/mol. The molecule has 1 aromatic heterocycles. The van der Waals surface area contributed by atoms with E-state index in [0.717, 1.165) is 23.8 Å². The Bertz CT molecular complexity index is 1650. The lowest BCUT2D eigenvalue weighted by Gasteiger charge is -2.45. The predicted octanol–water partition coefficient (Wildman–Crippen LogP) is -0.0385. The average Bonchev–Trinajstić information content (AvgIpc) is 3.12. The Morgan fingerprint density at radius 1 is 0.849 bits per heavy atom. The Morgan fingerprint density at radius 3 is 2.00 bits per heavy atom. The molecular formula is C35H46N6O12. The number of benzene rings is 1. The molecule has 1 fully saturated rings. The number of hydrogen-bond donors (Lipinski definition) is 3. The van der Waals surface area contributed by atoms with Crippen molar-refractivity contribution < 1.29 is 53.2 Å². The first-order valence-corrected chi connectivity index (χ1v) is 16.9. The number of carbonyl (C=O) groups is 6. The fraction of sp³-hybridized carbons (Fsp3) is 0.514. The highest BCUT2D eigenvalue weighted by molar-refractivity contribution is 5.95. The van der Waals surface area contributed by atoms with E-state index in [2.05, 4.69) is 11.2 Å². The SMILES string of the molecule is C#CCn1c(=O)cc(C)c2ccc(NC(=O)CN(CCN(CC(=O)O)CC(=O)O)[C@@H]3CCCCC3N(CCN(COC=O)COC=O)COC=O)cc21. The molecule has 1 aliphatic carbocycles. The Morgan fingerprint density at radius 2 is 1.42 bits per heavy atom. The van der Waals surface area contributed by atoms with Gasteiger partial charge in [-0.15, -0.1) is 6.42 Å². The van der Waals surface area contributed by atoms with Gasteiger partial charge in [-0.05, 0) is 37.5 Å². The van der Waals surface area contributed by atoms with Crippen molar-refractivity contribution in [3.05, 3.63) is 40.2 Å². The summed E-state index contributed by atoms with van der Waals surface area (Å²) in [4.78, 5) is 89.1. The number of nitrogens with one attached hydrogen (secondary N) is 1. The third kappa shape index (κ3) is 13.3. The summed E-state index contributed by atoms with van der Waals surface area (Å²) in [5, 5.41) is 22.6. The second kappa shape index (κ2) is 21.9. The van der Waals surface area contributed by atoms with Crippen LogP contribution in [-0.4, -0.2) is 150 Å². The Kier molecular flexibility index (Phi) is 17.4. The van der Waals surface area contributed by atoms with Gasteiger partial charge in [0, 0.05) is 55.4 Å². The van der Waals surface area contributed by atoms with E-state index in [1.807, 2.05) is 9.80 Å². The van der Waals surface area contributed by atoms with E-state index in [9.17, 15) is 43.8 Å². The van der Waals surface area contributed by atoms with Crippen LogP contribution in [-0.2, 0) is 49.5 Å². The minimum absolute atomic E-state index is 0.00734. The maximum absolute atomic E-state index is 13.8. The molecular weight excluding hydrogens is 696 g/mol. The van der Waals surface area contributed by atoms with Gasteiger partial charge in [-0.25, -0.2) is 4.90 Å². The first-order valence-electron chi connectivity index (χ1n) is 16.9. The first-order chi connectivity index (χ1) is 25.5. The third-order valence-electron chi connectivity index (χ3n) is 8.91. The summed E-state index contributed by atoms with van der Waals surface area (Å²) >= 11 is 0. The maximum atomic E-state index is 13.8. The van der Waals surface area contributed by atoms with Crippen LogP contribution in [0.2, 0.25) is 0 Å². The van der Waals surface area contributed by atoms with Gasteiger partial charge in [-0.2, -0.15) is 0 Å². The van der Waals surface area contributed by atoms with Gasteiger partial charge >= 0.3 is 11.9 Å². The number of nitrogens with zero attached hydrogens (tertiary/aromatic N) is 5. The third-order valence-corrected chi connectivity index (χ3v) is 8.91. The van der Waals surface area contributed by atoms with Crippen molar-refractivity contribution in [1.29, 1.82) is 0 Å². The molecule has 18 nitrogen and oxygen atoms in total. The zero-order chi connectivity index (χ0) is 38.8. The van der Waals surface area contributed by atoms with Crippen LogP contribution in [0, 0.1) is 19.3 Å². The number of aromatic nitrogens is 1. The molecule has 2 aromatic rings. The van der Waals surface area contributed by atoms with Crippen molar-refractivity contribution >= 4 is 53.9 Å². The van der Waals surface area contributed by atoms with Crippen LogP contribution in [0.15, 0.2) is 29.1 Å². The van der Waals surface area contributed by atoms with Crippen LogP contribution in [0.25, 0.3) is 10.9 Å². The standard InChI is InChI=1S/C35H46N6O12/c1-3-10-41-31-16-27(8-9-28(31)26(2)15-33(41)46)36-32(45)17-39(13-11-37(18-34(47)48)19-35(49)50)29-6-4-5-7-30(29)40(22-53-25-44)14-12-38(20-51-23-42)21-52-24-43/h1,8-9,15-16,23-25,29-30H,4-7,10-14,17-22H2,2H3,(H,36,45)(H,47,48)(H,49,50)/t29-,30?/m1/s1.